The Kier molecular flexibility index (Phi) is 5.32. The van der Waals surface area contributed by atoms with Gasteiger partial charge < -0.3 is 10.2 Å². The third-order valence-corrected chi connectivity index (χ3v) is 2.52. The first-order valence-corrected chi connectivity index (χ1v) is 5.38. The SMILES string of the molecule is [N-]=[N+]=NCCC(O)C(O)c1cc(F)c([N+](=O)[O-])c(F)c1. The summed E-state index contributed by atoms with van der Waals surface area (Å²) in [6, 6.07) is 1.14. The van der Waals surface area contributed by atoms with Gasteiger partial charge in [-0.05, 0) is 29.6 Å². The van der Waals surface area contributed by atoms with E-state index in [0.29, 0.717) is 12.1 Å². The molecule has 0 saturated heterocycles. The van der Waals surface area contributed by atoms with E-state index in [1.807, 2.05) is 0 Å². The minimum Gasteiger partial charge on any atom is -0.390 e. The van der Waals surface area contributed by atoms with E-state index in [2.05, 4.69) is 10.0 Å². The molecule has 0 aromatic heterocycles. The monoisotopic (exact) mass is 288 g/mol. The average molecular weight is 288 g/mol. The molecule has 0 amide bonds. The smallest absolute Gasteiger partial charge is 0.340 e. The highest BCUT2D eigenvalue weighted by Gasteiger charge is 2.26. The predicted molar refractivity (Wildman–Crippen MR) is 62.6 cm³/mol. The molecule has 1 aromatic carbocycles. The van der Waals surface area contributed by atoms with Crippen LogP contribution in [-0.4, -0.2) is 27.8 Å². The van der Waals surface area contributed by atoms with E-state index in [9.17, 15) is 29.1 Å². The fourth-order valence-corrected chi connectivity index (χ4v) is 1.55. The van der Waals surface area contributed by atoms with Crippen LogP contribution in [0.2, 0.25) is 0 Å². The maximum atomic E-state index is 13.4. The standard InChI is InChI=1S/C10H10F2N4O4/c11-6-3-5(4-7(12)9(6)16(19)20)10(18)8(17)1-2-14-15-13/h3-4,8,10,17-18H,1-2H2. The van der Waals surface area contributed by atoms with Gasteiger partial charge in [0.25, 0.3) is 0 Å². The zero-order valence-electron chi connectivity index (χ0n) is 9.98. The number of benzene rings is 1. The Morgan fingerprint density at radius 2 is 1.95 bits per heavy atom. The summed E-state index contributed by atoms with van der Waals surface area (Å²) in [5.41, 5.74) is 6.36. The number of nitro groups is 1. The van der Waals surface area contributed by atoms with Gasteiger partial charge in [-0.1, -0.05) is 5.11 Å². The molecule has 2 N–H and O–H groups in total. The van der Waals surface area contributed by atoms with Crippen molar-refractivity contribution in [3.63, 3.8) is 0 Å². The maximum absolute atomic E-state index is 13.4. The van der Waals surface area contributed by atoms with Crippen molar-refractivity contribution >= 4 is 5.69 Å². The number of halogens is 2. The molecule has 1 aromatic rings. The number of hydrogen-bond acceptors (Lipinski definition) is 5. The van der Waals surface area contributed by atoms with Crippen LogP contribution in [0.25, 0.3) is 10.4 Å². The molecule has 2 atom stereocenters. The second-order valence-corrected chi connectivity index (χ2v) is 3.85. The number of aliphatic hydroxyl groups is 2. The van der Waals surface area contributed by atoms with Gasteiger partial charge in [-0.2, -0.15) is 8.78 Å². The second-order valence-electron chi connectivity index (χ2n) is 3.85. The molecule has 2 unspecified atom stereocenters. The lowest BCUT2D eigenvalue weighted by Crippen LogP contribution is -2.19. The molecule has 20 heavy (non-hydrogen) atoms. The number of hydrogen-bond donors (Lipinski definition) is 2. The normalized spacial score (nSPS) is 13.4. The largest absolute Gasteiger partial charge is 0.390 e. The Labute approximate surface area is 111 Å². The molecule has 0 bridgehead atoms. The van der Waals surface area contributed by atoms with Crippen molar-refractivity contribution in [3.05, 3.63) is 49.9 Å². The maximum Gasteiger partial charge on any atom is 0.340 e. The van der Waals surface area contributed by atoms with Gasteiger partial charge >= 0.3 is 5.69 Å². The Balaban J connectivity index is 2.96. The summed E-state index contributed by atoms with van der Waals surface area (Å²) in [5.74, 6) is -2.91. The quantitative estimate of drug-likeness (QED) is 0.272. The van der Waals surface area contributed by atoms with Gasteiger partial charge in [0.05, 0.1) is 11.0 Å². The summed E-state index contributed by atoms with van der Waals surface area (Å²) < 4.78 is 26.7. The van der Waals surface area contributed by atoms with Crippen LogP contribution in [0.4, 0.5) is 14.5 Å². The first-order valence-electron chi connectivity index (χ1n) is 5.38. The van der Waals surface area contributed by atoms with Crippen molar-refractivity contribution in [1.29, 1.82) is 0 Å². The van der Waals surface area contributed by atoms with Crippen molar-refractivity contribution in [2.75, 3.05) is 6.54 Å². The lowest BCUT2D eigenvalue weighted by atomic mass is 10.0. The minimum absolute atomic E-state index is 0.118. The predicted octanol–water partition coefficient (Wildman–Crippen LogP) is 1.97. The fourth-order valence-electron chi connectivity index (χ4n) is 1.55. The van der Waals surface area contributed by atoms with Crippen LogP contribution in [0.3, 0.4) is 0 Å². The van der Waals surface area contributed by atoms with Crippen molar-refractivity contribution in [1.82, 2.24) is 0 Å². The van der Waals surface area contributed by atoms with Gasteiger partial charge in [-0.3, -0.25) is 10.1 Å². The van der Waals surface area contributed by atoms with Gasteiger partial charge in [0.15, 0.2) is 0 Å². The van der Waals surface area contributed by atoms with Gasteiger partial charge in [0.1, 0.15) is 6.10 Å². The second kappa shape index (κ2) is 6.75. The van der Waals surface area contributed by atoms with Crippen LogP contribution in [0.15, 0.2) is 17.2 Å². The molecule has 0 aliphatic heterocycles. The lowest BCUT2D eigenvalue weighted by molar-refractivity contribution is -0.390. The van der Waals surface area contributed by atoms with E-state index in [4.69, 9.17) is 5.53 Å². The van der Waals surface area contributed by atoms with Crippen molar-refractivity contribution in [2.45, 2.75) is 18.6 Å². The van der Waals surface area contributed by atoms with Crippen LogP contribution < -0.4 is 0 Å². The van der Waals surface area contributed by atoms with Crippen LogP contribution in [0.5, 0.6) is 0 Å². The first kappa shape index (κ1) is 15.8. The average Bonchev–Trinajstić information content (AvgIpc) is 2.36. The van der Waals surface area contributed by atoms with Crippen LogP contribution >= 0.6 is 0 Å². The summed E-state index contributed by atoms with van der Waals surface area (Å²) >= 11 is 0. The van der Waals surface area contributed by atoms with E-state index in [0.717, 1.165) is 0 Å². The number of azide groups is 1. The van der Waals surface area contributed by atoms with E-state index in [-0.39, 0.29) is 18.5 Å². The number of nitrogens with zero attached hydrogens (tertiary/aromatic N) is 4. The van der Waals surface area contributed by atoms with E-state index >= 15 is 0 Å². The van der Waals surface area contributed by atoms with Crippen molar-refractivity contribution in [3.8, 4) is 0 Å². The number of aliphatic hydroxyl groups excluding tert-OH is 2. The third kappa shape index (κ3) is 3.60. The molecule has 10 heteroatoms. The summed E-state index contributed by atoms with van der Waals surface area (Å²) in [6.07, 6.45) is -3.22. The fraction of sp³-hybridized carbons (Fsp3) is 0.400. The van der Waals surface area contributed by atoms with Crippen molar-refractivity contribution in [2.24, 2.45) is 5.11 Å². The molecule has 0 aliphatic carbocycles. The third-order valence-electron chi connectivity index (χ3n) is 2.52. The number of nitro benzene ring substituents is 1. The molecule has 1 rings (SSSR count). The molecule has 0 aliphatic rings. The van der Waals surface area contributed by atoms with Crippen LogP contribution in [0.1, 0.15) is 18.1 Å². The highest BCUT2D eigenvalue weighted by atomic mass is 19.1. The molecule has 0 saturated carbocycles. The highest BCUT2D eigenvalue weighted by Crippen LogP contribution is 2.27. The highest BCUT2D eigenvalue weighted by molar-refractivity contribution is 5.38. The van der Waals surface area contributed by atoms with Gasteiger partial charge in [-0.25, -0.2) is 0 Å². The van der Waals surface area contributed by atoms with E-state index in [1.165, 1.54) is 0 Å². The molecule has 0 fully saturated rings. The van der Waals surface area contributed by atoms with E-state index < -0.39 is 34.5 Å². The van der Waals surface area contributed by atoms with Gasteiger partial charge in [0, 0.05) is 11.5 Å². The zero-order valence-corrected chi connectivity index (χ0v) is 9.98. The Bertz CT molecular complexity index is 539. The first-order chi connectivity index (χ1) is 9.38. The molecular formula is C10H10F2N4O4. The molecule has 0 spiro atoms. The van der Waals surface area contributed by atoms with Gasteiger partial charge in [0.2, 0.25) is 11.6 Å². The Morgan fingerprint density at radius 1 is 1.40 bits per heavy atom. The van der Waals surface area contributed by atoms with Gasteiger partial charge in [-0.15, -0.1) is 0 Å². The number of rotatable bonds is 6. The van der Waals surface area contributed by atoms with E-state index in [1.54, 1.807) is 0 Å². The minimum atomic E-state index is -1.66. The summed E-state index contributed by atoms with van der Waals surface area (Å²) in [7, 11) is 0. The summed E-state index contributed by atoms with van der Waals surface area (Å²) in [4.78, 5) is 11.6. The summed E-state index contributed by atoms with van der Waals surface area (Å²) in [6.45, 7) is -0.118. The molecule has 108 valence electrons. The zero-order chi connectivity index (χ0) is 15.3. The lowest BCUT2D eigenvalue weighted by Gasteiger charge is -2.17. The Morgan fingerprint density at radius 3 is 2.40 bits per heavy atom. The summed E-state index contributed by atoms with van der Waals surface area (Å²) in [5, 5.41) is 32.8. The molecule has 0 radical (unpaired) electrons. The Hall–Kier alpha value is -2.29. The topological polar surface area (TPSA) is 132 Å². The van der Waals surface area contributed by atoms with Crippen molar-refractivity contribution < 1.29 is 23.9 Å². The van der Waals surface area contributed by atoms with Crippen LogP contribution in [0, 0.1) is 21.7 Å². The molecular weight excluding hydrogens is 278 g/mol. The van der Waals surface area contributed by atoms with Crippen LogP contribution in [-0.2, 0) is 0 Å². The molecule has 0 heterocycles. The molecule has 8 nitrogen and oxygen atoms in total.